The highest BCUT2D eigenvalue weighted by Gasteiger charge is 2.11. The van der Waals surface area contributed by atoms with Crippen LogP contribution in [-0.4, -0.2) is 26.3 Å². The maximum absolute atomic E-state index is 12.3. The van der Waals surface area contributed by atoms with E-state index in [2.05, 4.69) is 15.4 Å². The molecule has 2 rings (SSSR count). The molecule has 0 heterocycles. The van der Waals surface area contributed by atoms with Crippen LogP contribution in [-0.2, 0) is 13.0 Å². The van der Waals surface area contributed by atoms with Gasteiger partial charge in [-0.05, 0) is 36.6 Å². The fraction of sp³-hybridized carbons (Fsp3) is 0.316. The summed E-state index contributed by atoms with van der Waals surface area (Å²) in [6.07, 6.45) is 0.531. The number of carbonyl (C=O) groups is 1. The minimum absolute atomic E-state index is 0.0185. The Morgan fingerprint density at radius 1 is 1.04 bits per heavy atom. The van der Waals surface area contributed by atoms with E-state index < -0.39 is 6.61 Å². The number of methoxy groups -OCH3 is 1. The van der Waals surface area contributed by atoms with Crippen molar-refractivity contribution in [3.63, 3.8) is 0 Å². The van der Waals surface area contributed by atoms with Crippen LogP contribution in [0.15, 0.2) is 42.5 Å². The minimum atomic E-state index is -2.91. The molecule has 0 aliphatic heterocycles. The van der Waals surface area contributed by atoms with Crippen molar-refractivity contribution in [3.8, 4) is 11.5 Å². The highest BCUT2D eigenvalue weighted by molar-refractivity contribution is 5.73. The smallest absolute Gasteiger partial charge is 0.387 e. The van der Waals surface area contributed by atoms with E-state index in [1.807, 2.05) is 31.2 Å². The summed E-state index contributed by atoms with van der Waals surface area (Å²) in [5.41, 5.74) is 3.02. The number of aryl methyl sites for hydroxylation is 1. The van der Waals surface area contributed by atoms with E-state index in [1.54, 1.807) is 12.1 Å². The van der Waals surface area contributed by atoms with Gasteiger partial charge in [0.15, 0.2) is 11.5 Å². The molecule has 2 aromatic carbocycles. The third kappa shape index (κ3) is 6.23. The van der Waals surface area contributed by atoms with Crippen molar-refractivity contribution in [3.05, 3.63) is 59.2 Å². The normalized spacial score (nSPS) is 10.5. The molecule has 0 radical (unpaired) electrons. The van der Waals surface area contributed by atoms with Crippen LogP contribution in [0, 0.1) is 6.92 Å². The largest absolute Gasteiger partial charge is 0.493 e. The number of hydrogen-bond donors (Lipinski definition) is 2. The van der Waals surface area contributed by atoms with Crippen molar-refractivity contribution in [2.45, 2.75) is 26.5 Å². The van der Waals surface area contributed by atoms with E-state index >= 15 is 0 Å². The second-order valence-corrected chi connectivity index (χ2v) is 5.71. The number of alkyl halides is 2. The summed E-state index contributed by atoms with van der Waals surface area (Å²) in [5, 5.41) is 5.53. The Kier molecular flexibility index (Phi) is 7.20. The number of amides is 2. The molecule has 140 valence electrons. The van der Waals surface area contributed by atoms with E-state index in [1.165, 1.54) is 18.7 Å². The van der Waals surface area contributed by atoms with E-state index in [4.69, 9.17) is 4.74 Å². The number of nitrogens with one attached hydrogen (secondary N) is 2. The monoisotopic (exact) mass is 364 g/mol. The number of hydrogen-bond acceptors (Lipinski definition) is 3. The van der Waals surface area contributed by atoms with Gasteiger partial charge in [-0.3, -0.25) is 0 Å². The van der Waals surface area contributed by atoms with Crippen LogP contribution in [0.4, 0.5) is 13.6 Å². The van der Waals surface area contributed by atoms with Gasteiger partial charge in [0.25, 0.3) is 0 Å². The topological polar surface area (TPSA) is 59.6 Å². The summed E-state index contributed by atoms with van der Waals surface area (Å²) >= 11 is 0. The lowest BCUT2D eigenvalue weighted by atomic mass is 10.1. The summed E-state index contributed by atoms with van der Waals surface area (Å²) in [6, 6.07) is 12.3. The molecule has 0 atom stereocenters. The van der Waals surface area contributed by atoms with E-state index in [-0.39, 0.29) is 17.5 Å². The number of urea groups is 1. The third-order valence-electron chi connectivity index (χ3n) is 3.72. The maximum atomic E-state index is 12.3. The van der Waals surface area contributed by atoms with Crippen molar-refractivity contribution in [2.24, 2.45) is 0 Å². The molecule has 26 heavy (non-hydrogen) atoms. The molecule has 0 bridgehead atoms. The molecule has 7 heteroatoms. The zero-order chi connectivity index (χ0) is 18.9. The average Bonchev–Trinajstić information content (AvgIpc) is 2.62. The van der Waals surface area contributed by atoms with Gasteiger partial charge in [-0.2, -0.15) is 8.78 Å². The van der Waals surface area contributed by atoms with Crippen molar-refractivity contribution in [2.75, 3.05) is 13.7 Å². The van der Waals surface area contributed by atoms with Crippen molar-refractivity contribution < 1.29 is 23.0 Å². The first-order valence-corrected chi connectivity index (χ1v) is 8.17. The molecule has 0 aliphatic carbocycles. The number of halogens is 2. The third-order valence-corrected chi connectivity index (χ3v) is 3.72. The van der Waals surface area contributed by atoms with Crippen LogP contribution >= 0.6 is 0 Å². The van der Waals surface area contributed by atoms with Crippen LogP contribution in [0.5, 0.6) is 11.5 Å². The second kappa shape index (κ2) is 9.60. The molecular weight excluding hydrogens is 342 g/mol. The highest BCUT2D eigenvalue weighted by atomic mass is 19.3. The Morgan fingerprint density at radius 2 is 1.73 bits per heavy atom. The van der Waals surface area contributed by atoms with Crippen molar-refractivity contribution in [1.29, 1.82) is 0 Å². The molecule has 0 saturated carbocycles. The first-order valence-electron chi connectivity index (χ1n) is 8.17. The van der Waals surface area contributed by atoms with Crippen LogP contribution in [0.3, 0.4) is 0 Å². The predicted octanol–water partition coefficient (Wildman–Crippen LogP) is 3.65. The van der Waals surface area contributed by atoms with Gasteiger partial charge < -0.3 is 20.1 Å². The van der Waals surface area contributed by atoms with Gasteiger partial charge in [0, 0.05) is 13.1 Å². The van der Waals surface area contributed by atoms with Gasteiger partial charge in [-0.25, -0.2) is 4.79 Å². The van der Waals surface area contributed by atoms with Gasteiger partial charge in [-0.1, -0.05) is 35.9 Å². The van der Waals surface area contributed by atoms with Gasteiger partial charge in [0.05, 0.1) is 7.11 Å². The van der Waals surface area contributed by atoms with Crippen LogP contribution < -0.4 is 20.1 Å². The zero-order valence-electron chi connectivity index (χ0n) is 14.7. The fourth-order valence-corrected chi connectivity index (χ4v) is 2.33. The Morgan fingerprint density at radius 3 is 2.38 bits per heavy atom. The second-order valence-electron chi connectivity index (χ2n) is 5.71. The molecule has 0 spiro atoms. The molecule has 0 fully saturated rings. The Bertz CT molecular complexity index is 721. The van der Waals surface area contributed by atoms with Crippen LogP contribution in [0.2, 0.25) is 0 Å². The Labute approximate surface area is 151 Å². The molecule has 2 N–H and O–H groups in total. The van der Waals surface area contributed by atoms with Gasteiger partial charge in [0.1, 0.15) is 0 Å². The quantitative estimate of drug-likeness (QED) is 0.752. The summed E-state index contributed by atoms with van der Waals surface area (Å²) in [7, 11) is 1.38. The summed E-state index contributed by atoms with van der Waals surface area (Å²) in [4.78, 5) is 11.8. The van der Waals surface area contributed by atoms with Gasteiger partial charge >= 0.3 is 12.6 Å². The molecule has 0 unspecified atom stereocenters. The van der Waals surface area contributed by atoms with E-state index in [9.17, 15) is 13.6 Å². The Balaban J connectivity index is 1.77. The van der Waals surface area contributed by atoms with E-state index in [0.717, 1.165) is 11.1 Å². The molecule has 5 nitrogen and oxygen atoms in total. The van der Waals surface area contributed by atoms with Crippen molar-refractivity contribution in [1.82, 2.24) is 10.6 Å². The van der Waals surface area contributed by atoms with Gasteiger partial charge in [0.2, 0.25) is 0 Å². The molecule has 2 aromatic rings. The maximum Gasteiger partial charge on any atom is 0.387 e. The summed E-state index contributed by atoms with van der Waals surface area (Å²) in [6.45, 7) is -0.0589. The molecule has 0 saturated heterocycles. The zero-order valence-corrected chi connectivity index (χ0v) is 14.7. The summed E-state index contributed by atoms with van der Waals surface area (Å²) < 4.78 is 34.1. The molecule has 0 aliphatic rings. The fourth-order valence-electron chi connectivity index (χ4n) is 2.33. The van der Waals surface area contributed by atoms with Crippen LogP contribution in [0.1, 0.15) is 16.7 Å². The molecular formula is C19H22F2N2O3. The Hall–Kier alpha value is -2.83. The number of benzene rings is 2. The highest BCUT2D eigenvalue weighted by Crippen LogP contribution is 2.29. The predicted molar refractivity (Wildman–Crippen MR) is 94.7 cm³/mol. The standard InChI is InChI=1S/C19H22F2N2O3/c1-13-3-5-15(6-4-13)12-23-19(24)22-10-9-14-7-8-16(26-18(20)21)17(11-14)25-2/h3-8,11,18H,9-10,12H2,1-2H3,(H2,22,23,24). The van der Waals surface area contributed by atoms with E-state index in [0.29, 0.717) is 19.5 Å². The molecule has 2 amide bonds. The minimum Gasteiger partial charge on any atom is -0.493 e. The lowest BCUT2D eigenvalue weighted by Gasteiger charge is -2.12. The van der Waals surface area contributed by atoms with Crippen LogP contribution in [0.25, 0.3) is 0 Å². The lowest BCUT2D eigenvalue weighted by molar-refractivity contribution is -0.0512. The summed E-state index contributed by atoms with van der Waals surface area (Å²) in [5.74, 6) is 0.210. The SMILES string of the molecule is COc1cc(CCNC(=O)NCc2ccc(C)cc2)ccc1OC(F)F. The number of carbonyl (C=O) groups excluding carboxylic acids is 1. The lowest BCUT2D eigenvalue weighted by Crippen LogP contribution is -2.36. The molecule has 0 aromatic heterocycles. The van der Waals surface area contributed by atoms with Crippen molar-refractivity contribution >= 4 is 6.03 Å². The van der Waals surface area contributed by atoms with Gasteiger partial charge in [-0.15, -0.1) is 0 Å². The first-order chi connectivity index (χ1) is 12.5. The first kappa shape index (κ1) is 19.5. The average molecular weight is 364 g/mol. The number of rotatable bonds is 8. The number of ether oxygens (including phenoxy) is 2.